The molecule has 4 heteroatoms. The van der Waals surface area contributed by atoms with Crippen molar-refractivity contribution in [1.29, 1.82) is 0 Å². The molecule has 1 aromatic heterocycles. The molecule has 118 valence electrons. The number of nitrogens with one attached hydrogen (secondary N) is 1. The lowest BCUT2D eigenvalue weighted by Gasteiger charge is -2.40. The van der Waals surface area contributed by atoms with Gasteiger partial charge in [-0.3, -0.25) is 4.68 Å². The Hall–Kier alpha value is -1.03. The highest BCUT2D eigenvalue weighted by molar-refractivity contribution is 5.50. The van der Waals surface area contributed by atoms with Crippen LogP contribution in [0, 0.1) is 12.3 Å². The van der Waals surface area contributed by atoms with Gasteiger partial charge in [0.1, 0.15) is 5.82 Å². The van der Waals surface area contributed by atoms with Gasteiger partial charge in [0.25, 0.3) is 0 Å². The third-order valence-electron chi connectivity index (χ3n) is 5.58. The standard InChI is InChI=1S/C17H30N4/c1-5-17(3)8-10-21(11-9-17)16-15(12-18-14-6-7-14)13(2)19-20(16)4/h14,18H,5-12H2,1-4H3. The molecule has 2 heterocycles. The van der Waals surface area contributed by atoms with Gasteiger partial charge in [0.15, 0.2) is 0 Å². The minimum atomic E-state index is 0.538. The van der Waals surface area contributed by atoms with Crippen LogP contribution in [0.5, 0.6) is 0 Å². The fraction of sp³-hybridized carbons (Fsp3) is 0.824. The lowest BCUT2D eigenvalue weighted by atomic mass is 9.78. The smallest absolute Gasteiger partial charge is 0.131 e. The summed E-state index contributed by atoms with van der Waals surface area (Å²) in [5.74, 6) is 1.35. The van der Waals surface area contributed by atoms with Crippen molar-refractivity contribution < 1.29 is 0 Å². The molecule has 1 aliphatic carbocycles. The van der Waals surface area contributed by atoms with Crippen molar-refractivity contribution in [2.45, 2.75) is 65.5 Å². The quantitative estimate of drug-likeness (QED) is 0.905. The SMILES string of the molecule is CCC1(C)CCN(c2c(CNC3CC3)c(C)nn2C)CC1. The predicted molar refractivity (Wildman–Crippen MR) is 87.7 cm³/mol. The number of aryl methyl sites for hydroxylation is 2. The fourth-order valence-electron chi connectivity index (χ4n) is 3.44. The number of aromatic nitrogens is 2. The Labute approximate surface area is 128 Å². The molecular formula is C17H30N4. The van der Waals surface area contributed by atoms with Crippen molar-refractivity contribution in [2.24, 2.45) is 12.5 Å². The molecule has 1 aliphatic heterocycles. The van der Waals surface area contributed by atoms with Crippen LogP contribution in [0.25, 0.3) is 0 Å². The van der Waals surface area contributed by atoms with E-state index in [-0.39, 0.29) is 0 Å². The molecule has 3 rings (SSSR count). The van der Waals surface area contributed by atoms with Gasteiger partial charge in [0, 0.05) is 38.3 Å². The Balaban J connectivity index is 1.74. The molecule has 2 fully saturated rings. The monoisotopic (exact) mass is 290 g/mol. The van der Waals surface area contributed by atoms with E-state index in [4.69, 9.17) is 0 Å². The molecule has 4 nitrogen and oxygen atoms in total. The Bertz CT molecular complexity index is 493. The first-order chi connectivity index (χ1) is 10.0. The predicted octanol–water partition coefficient (Wildman–Crippen LogP) is 3.00. The highest BCUT2D eigenvalue weighted by Gasteiger charge is 2.31. The van der Waals surface area contributed by atoms with E-state index in [1.165, 1.54) is 62.3 Å². The van der Waals surface area contributed by atoms with Crippen molar-refractivity contribution >= 4 is 5.82 Å². The minimum absolute atomic E-state index is 0.538. The Morgan fingerprint density at radius 2 is 1.95 bits per heavy atom. The zero-order valence-corrected chi connectivity index (χ0v) is 14.1. The van der Waals surface area contributed by atoms with Crippen molar-refractivity contribution in [3.8, 4) is 0 Å². The third kappa shape index (κ3) is 3.10. The number of hydrogen-bond acceptors (Lipinski definition) is 3. The van der Waals surface area contributed by atoms with Crippen LogP contribution in [0.1, 0.15) is 57.2 Å². The summed E-state index contributed by atoms with van der Waals surface area (Å²) in [4.78, 5) is 2.56. The second kappa shape index (κ2) is 5.64. The maximum Gasteiger partial charge on any atom is 0.131 e. The number of rotatable bonds is 5. The number of nitrogens with zero attached hydrogens (tertiary/aromatic N) is 3. The molecule has 1 saturated carbocycles. The second-order valence-corrected chi connectivity index (χ2v) is 7.32. The molecule has 0 bridgehead atoms. The van der Waals surface area contributed by atoms with E-state index in [2.05, 4.69) is 47.8 Å². The first-order valence-corrected chi connectivity index (χ1v) is 8.53. The van der Waals surface area contributed by atoms with E-state index < -0.39 is 0 Å². The summed E-state index contributed by atoms with van der Waals surface area (Å²) in [5, 5.41) is 8.33. The van der Waals surface area contributed by atoms with E-state index in [0.29, 0.717) is 5.41 Å². The van der Waals surface area contributed by atoms with E-state index >= 15 is 0 Å². The van der Waals surface area contributed by atoms with Crippen molar-refractivity contribution in [3.63, 3.8) is 0 Å². The van der Waals surface area contributed by atoms with Gasteiger partial charge < -0.3 is 10.2 Å². The lowest BCUT2D eigenvalue weighted by Crippen LogP contribution is -2.40. The van der Waals surface area contributed by atoms with Crippen molar-refractivity contribution in [1.82, 2.24) is 15.1 Å². The summed E-state index contributed by atoms with van der Waals surface area (Å²) in [6.07, 6.45) is 6.56. The number of piperidine rings is 1. The first-order valence-electron chi connectivity index (χ1n) is 8.53. The molecule has 0 amide bonds. The van der Waals surface area contributed by atoms with Crippen molar-refractivity contribution in [2.75, 3.05) is 18.0 Å². The van der Waals surface area contributed by atoms with Crippen LogP contribution in [0.2, 0.25) is 0 Å². The summed E-state index contributed by atoms with van der Waals surface area (Å²) in [6.45, 7) is 10.2. The molecule has 0 atom stereocenters. The highest BCUT2D eigenvalue weighted by atomic mass is 15.4. The Morgan fingerprint density at radius 1 is 1.29 bits per heavy atom. The van der Waals surface area contributed by atoms with Crippen LogP contribution in [0.3, 0.4) is 0 Å². The summed E-state index contributed by atoms with van der Waals surface area (Å²) < 4.78 is 2.09. The van der Waals surface area contributed by atoms with Gasteiger partial charge in [-0.15, -0.1) is 0 Å². The molecule has 1 saturated heterocycles. The highest BCUT2D eigenvalue weighted by Crippen LogP contribution is 2.37. The molecular weight excluding hydrogens is 260 g/mol. The molecule has 21 heavy (non-hydrogen) atoms. The topological polar surface area (TPSA) is 33.1 Å². The van der Waals surface area contributed by atoms with Crippen LogP contribution in [0.4, 0.5) is 5.82 Å². The van der Waals surface area contributed by atoms with E-state index in [9.17, 15) is 0 Å². The minimum Gasteiger partial charge on any atom is -0.357 e. The van der Waals surface area contributed by atoms with Gasteiger partial charge in [-0.25, -0.2) is 0 Å². The largest absolute Gasteiger partial charge is 0.357 e. The van der Waals surface area contributed by atoms with Gasteiger partial charge in [-0.05, 0) is 38.0 Å². The Kier molecular flexibility index (Phi) is 4.00. The number of hydrogen-bond donors (Lipinski definition) is 1. The van der Waals surface area contributed by atoms with E-state index in [1.54, 1.807) is 0 Å². The molecule has 0 aromatic carbocycles. The van der Waals surface area contributed by atoms with Crippen LogP contribution in [-0.2, 0) is 13.6 Å². The maximum atomic E-state index is 4.68. The summed E-state index contributed by atoms with van der Waals surface area (Å²) >= 11 is 0. The zero-order valence-electron chi connectivity index (χ0n) is 14.1. The second-order valence-electron chi connectivity index (χ2n) is 7.32. The molecule has 2 aliphatic rings. The van der Waals surface area contributed by atoms with Gasteiger partial charge in [0.2, 0.25) is 0 Å². The molecule has 0 radical (unpaired) electrons. The zero-order chi connectivity index (χ0) is 15.0. The average molecular weight is 290 g/mol. The summed E-state index contributed by atoms with van der Waals surface area (Å²) in [6, 6.07) is 0.752. The first kappa shape index (κ1) is 14.9. The van der Waals surface area contributed by atoms with Crippen LogP contribution in [0.15, 0.2) is 0 Å². The summed E-state index contributed by atoms with van der Waals surface area (Å²) in [5.41, 5.74) is 3.13. The lowest BCUT2D eigenvalue weighted by molar-refractivity contribution is 0.237. The van der Waals surface area contributed by atoms with Crippen molar-refractivity contribution in [3.05, 3.63) is 11.3 Å². The van der Waals surface area contributed by atoms with Crippen LogP contribution < -0.4 is 10.2 Å². The van der Waals surface area contributed by atoms with Gasteiger partial charge >= 0.3 is 0 Å². The van der Waals surface area contributed by atoms with Gasteiger partial charge in [-0.2, -0.15) is 5.10 Å². The number of anilines is 1. The van der Waals surface area contributed by atoms with Crippen LogP contribution in [-0.4, -0.2) is 28.9 Å². The molecule has 0 unspecified atom stereocenters. The molecule has 0 spiro atoms. The van der Waals surface area contributed by atoms with Crippen LogP contribution >= 0.6 is 0 Å². The van der Waals surface area contributed by atoms with Gasteiger partial charge in [0.05, 0.1) is 5.69 Å². The maximum absolute atomic E-state index is 4.68. The third-order valence-corrected chi connectivity index (χ3v) is 5.58. The molecule has 1 aromatic rings. The Morgan fingerprint density at radius 3 is 2.52 bits per heavy atom. The summed E-state index contributed by atoms with van der Waals surface area (Å²) in [7, 11) is 2.09. The van der Waals surface area contributed by atoms with Gasteiger partial charge in [-0.1, -0.05) is 20.3 Å². The molecule has 1 N–H and O–H groups in total. The average Bonchev–Trinajstić information content (AvgIpc) is 3.24. The normalized spacial score (nSPS) is 21.8. The fourth-order valence-corrected chi connectivity index (χ4v) is 3.44. The van der Waals surface area contributed by atoms with E-state index in [1.807, 2.05) is 0 Å². The van der Waals surface area contributed by atoms with E-state index in [0.717, 1.165) is 12.6 Å².